The van der Waals surface area contributed by atoms with Gasteiger partial charge in [0.15, 0.2) is 0 Å². The van der Waals surface area contributed by atoms with E-state index in [1.54, 1.807) is 11.1 Å². The molecule has 2 aliphatic rings. The second-order valence-electron chi connectivity index (χ2n) is 6.74. The smallest absolute Gasteiger partial charge is 0.0326 e. The van der Waals surface area contributed by atoms with E-state index in [-0.39, 0.29) is 0 Å². The van der Waals surface area contributed by atoms with Crippen LogP contribution < -0.4 is 5.32 Å². The summed E-state index contributed by atoms with van der Waals surface area (Å²) in [4.78, 5) is 0. The summed E-state index contributed by atoms with van der Waals surface area (Å²) in [5.41, 5.74) is 3.46. The number of nitrogens with one attached hydrogen (secondary N) is 1. The Morgan fingerprint density at radius 1 is 1.28 bits per heavy atom. The first-order valence-electron chi connectivity index (χ1n) is 7.47. The first-order valence-corrected chi connectivity index (χ1v) is 7.47. The predicted octanol–water partition coefficient (Wildman–Crippen LogP) is 4.19. The van der Waals surface area contributed by atoms with Gasteiger partial charge in [0.1, 0.15) is 0 Å². The normalized spacial score (nSPS) is 32.9. The van der Waals surface area contributed by atoms with Crippen molar-refractivity contribution in [2.45, 2.75) is 64.0 Å². The lowest BCUT2D eigenvalue weighted by Crippen LogP contribution is -2.34. The van der Waals surface area contributed by atoms with E-state index in [2.05, 4.69) is 50.4 Å². The van der Waals surface area contributed by atoms with E-state index in [9.17, 15) is 0 Å². The van der Waals surface area contributed by atoms with Crippen LogP contribution in [0.5, 0.6) is 0 Å². The van der Waals surface area contributed by atoms with Crippen molar-refractivity contribution in [3.63, 3.8) is 0 Å². The van der Waals surface area contributed by atoms with Crippen LogP contribution in [-0.2, 0) is 5.41 Å². The maximum atomic E-state index is 3.89. The zero-order valence-electron chi connectivity index (χ0n) is 11.9. The lowest BCUT2D eigenvalue weighted by molar-refractivity contribution is 0.353. The first-order chi connectivity index (χ1) is 8.62. The van der Waals surface area contributed by atoms with Gasteiger partial charge in [-0.05, 0) is 41.7 Å². The molecule has 1 N–H and O–H groups in total. The quantitative estimate of drug-likeness (QED) is 0.839. The van der Waals surface area contributed by atoms with Crippen LogP contribution in [0, 0.1) is 5.92 Å². The minimum atomic E-state index is 0.350. The van der Waals surface area contributed by atoms with E-state index < -0.39 is 0 Å². The summed E-state index contributed by atoms with van der Waals surface area (Å²) in [6.45, 7) is 7.08. The van der Waals surface area contributed by atoms with E-state index in [0.29, 0.717) is 11.5 Å². The van der Waals surface area contributed by atoms with Crippen LogP contribution in [0.1, 0.15) is 63.6 Å². The largest absolute Gasteiger partial charge is 0.307 e. The van der Waals surface area contributed by atoms with Gasteiger partial charge in [-0.2, -0.15) is 0 Å². The minimum Gasteiger partial charge on any atom is -0.307 e. The fourth-order valence-electron chi connectivity index (χ4n) is 3.55. The van der Waals surface area contributed by atoms with E-state index >= 15 is 0 Å². The topological polar surface area (TPSA) is 12.0 Å². The molecular weight excluding hydrogens is 218 g/mol. The molecule has 0 aromatic heterocycles. The molecule has 1 fully saturated rings. The molecule has 1 aromatic carbocycles. The minimum absolute atomic E-state index is 0.350. The Hall–Kier alpha value is -0.820. The Labute approximate surface area is 111 Å². The van der Waals surface area contributed by atoms with Crippen molar-refractivity contribution >= 4 is 0 Å². The highest BCUT2D eigenvalue weighted by molar-refractivity contribution is 5.38. The third-order valence-corrected chi connectivity index (χ3v) is 4.99. The molecule has 0 saturated heterocycles. The molecule has 0 aliphatic heterocycles. The second-order valence-corrected chi connectivity index (χ2v) is 6.74. The van der Waals surface area contributed by atoms with E-state index in [1.807, 2.05) is 0 Å². The Morgan fingerprint density at radius 2 is 2.06 bits per heavy atom. The van der Waals surface area contributed by atoms with Crippen LogP contribution in [0.15, 0.2) is 24.3 Å². The zero-order chi connectivity index (χ0) is 12.8. The molecule has 0 amide bonds. The number of hydrogen-bond acceptors (Lipinski definition) is 1. The van der Waals surface area contributed by atoms with Gasteiger partial charge in [-0.15, -0.1) is 0 Å². The molecule has 0 heterocycles. The van der Waals surface area contributed by atoms with Crippen molar-refractivity contribution in [3.8, 4) is 0 Å². The molecule has 1 aromatic rings. The number of hydrogen-bond donors (Lipinski definition) is 1. The Balaban J connectivity index is 1.81. The lowest BCUT2D eigenvalue weighted by Gasteiger charge is -2.37. The van der Waals surface area contributed by atoms with Crippen molar-refractivity contribution < 1.29 is 0 Å². The number of rotatable bonds is 3. The first kappa shape index (κ1) is 12.2. The molecule has 0 spiro atoms. The fraction of sp³-hybridized carbons (Fsp3) is 0.647. The van der Waals surface area contributed by atoms with Gasteiger partial charge in [0.05, 0.1) is 0 Å². The highest BCUT2D eigenvalue weighted by Crippen LogP contribution is 2.43. The van der Waals surface area contributed by atoms with Gasteiger partial charge in [-0.1, -0.05) is 51.5 Å². The van der Waals surface area contributed by atoms with Crippen molar-refractivity contribution in [1.29, 1.82) is 0 Å². The number of fused-ring (bicyclic) bond motifs is 1. The summed E-state index contributed by atoms with van der Waals surface area (Å²) in [7, 11) is 0. The molecule has 18 heavy (non-hydrogen) atoms. The summed E-state index contributed by atoms with van der Waals surface area (Å²) < 4.78 is 0. The summed E-state index contributed by atoms with van der Waals surface area (Å²) in [6.07, 6.45) is 5.30. The van der Waals surface area contributed by atoms with Gasteiger partial charge in [0.2, 0.25) is 0 Å². The predicted molar refractivity (Wildman–Crippen MR) is 76.8 cm³/mol. The van der Waals surface area contributed by atoms with Gasteiger partial charge in [-0.25, -0.2) is 0 Å². The highest BCUT2D eigenvalue weighted by Gasteiger charge is 2.39. The molecule has 3 atom stereocenters. The standard InChI is InChI=1S/C17H25N/c1-4-12-11-16(12)18-15-9-10-17(2,3)14-8-6-5-7-13(14)15/h5-8,12,15-16,18H,4,9-11H2,1-3H3. The molecule has 0 radical (unpaired) electrons. The third kappa shape index (κ3) is 2.09. The Morgan fingerprint density at radius 3 is 2.78 bits per heavy atom. The van der Waals surface area contributed by atoms with Gasteiger partial charge >= 0.3 is 0 Å². The SMILES string of the molecule is CCC1CC1NC1CCC(C)(C)c2ccccc21. The lowest BCUT2D eigenvalue weighted by atomic mass is 9.71. The van der Waals surface area contributed by atoms with Crippen LogP contribution >= 0.6 is 0 Å². The van der Waals surface area contributed by atoms with Crippen LogP contribution in [0.2, 0.25) is 0 Å². The summed E-state index contributed by atoms with van der Waals surface area (Å²) in [6, 6.07) is 10.4. The van der Waals surface area contributed by atoms with Gasteiger partial charge < -0.3 is 5.32 Å². The average molecular weight is 243 g/mol. The fourth-order valence-corrected chi connectivity index (χ4v) is 3.55. The summed E-state index contributed by atoms with van der Waals surface area (Å²) in [5, 5.41) is 3.89. The molecule has 1 saturated carbocycles. The van der Waals surface area contributed by atoms with Crippen LogP contribution in [-0.4, -0.2) is 6.04 Å². The molecule has 1 nitrogen and oxygen atoms in total. The molecule has 3 rings (SSSR count). The monoisotopic (exact) mass is 243 g/mol. The maximum Gasteiger partial charge on any atom is 0.0326 e. The highest BCUT2D eigenvalue weighted by atomic mass is 15.0. The zero-order valence-corrected chi connectivity index (χ0v) is 11.9. The second kappa shape index (κ2) is 4.38. The van der Waals surface area contributed by atoms with Crippen LogP contribution in [0.3, 0.4) is 0 Å². The van der Waals surface area contributed by atoms with Crippen molar-refractivity contribution in [2.24, 2.45) is 5.92 Å². The Bertz CT molecular complexity index is 435. The summed E-state index contributed by atoms with van der Waals surface area (Å²) in [5.74, 6) is 0.937. The number of benzene rings is 1. The Kier molecular flexibility index (Phi) is 2.97. The molecule has 98 valence electrons. The maximum absolute atomic E-state index is 3.89. The van der Waals surface area contributed by atoms with Crippen molar-refractivity contribution in [3.05, 3.63) is 35.4 Å². The van der Waals surface area contributed by atoms with Crippen molar-refractivity contribution in [1.82, 2.24) is 5.32 Å². The molecular formula is C17H25N. The molecule has 1 heteroatoms. The van der Waals surface area contributed by atoms with Gasteiger partial charge in [0, 0.05) is 12.1 Å². The van der Waals surface area contributed by atoms with Gasteiger partial charge in [-0.3, -0.25) is 0 Å². The van der Waals surface area contributed by atoms with Crippen molar-refractivity contribution in [2.75, 3.05) is 0 Å². The van der Waals surface area contributed by atoms with Crippen LogP contribution in [0.25, 0.3) is 0 Å². The van der Waals surface area contributed by atoms with E-state index in [4.69, 9.17) is 0 Å². The summed E-state index contributed by atoms with van der Waals surface area (Å²) >= 11 is 0. The van der Waals surface area contributed by atoms with Gasteiger partial charge in [0.25, 0.3) is 0 Å². The van der Waals surface area contributed by atoms with E-state index in [0.717, 1.165) is 12.0 Å². The van der Waals surface area contributed by atoms with Crippen LogP contribution in [0.4, 0.5) is 0 Å². The third-order valence-electron chi connectivity index (χ3n) is 4.99. The molecule has 0 bridgehead atoms. The van der Waals surface area contributed by atoms with E-state index in [1.165, 1.54) is 25.7 Å². The average Bonchev–Trinajstić information content (AvgIpc) is 3.12. The molecule has 2 aliphatic carbocycles. The molecule has 3 unspecified atom stereocenters.